The van der Waals surface area contributed by atoms with Crippen LogP contribution in [-0.2, 0) is 4.74 Å². The number of nitrogens with zero attached hydrogens (tertiary/aromatic N) is 1. The normalized spacial score (nSPS) is 9.82. The van der Waals surface area contributed by atoms with Crippen LogP contribution < -0.4 is 0 Å². The number of hydrogen-bond acceptors (Lipinski definition) is 4. The number of rotatable bonds is 3. The molecular weight excluding hydrogens is 232 g/mol. The predicted molar refractivity (Wildman–Crippen MR) is 52.8 cm³/mol. The Labute approximate surface area is 95.4 Å². The van der Waals surface area contributed by atoms with Gasteiger partial charge in [-0.15, -0.1) is 0 Å². The van der Waals surface area contributed by atoms with Crippen molar-refractivity contribution in [2.75, 3.05) is 7.11 Å². The maximum atomic E-state index is 12.5. The van der Waals surface area contributed by atoms with E-state index in [-0.39, 0.29) is 23.0 Å². The van der Waals surface area contributed by atoms with Gasteiger partial charge in [0.2, 0.25) is 0 Å². The average molecular weight is 239 g/mol. The maximum Gasteiger partial charge on any atom is 0.339 e. The molecule has 6 heteroatoms. The lowest BCUT2D eigenvalue weighted by Crippen LogP contribution is -2.08. The first kappa shape index (κ1) is 12.8. The van der Waals surface area contributed by atoms with Crippen molar-refractivity contribution in [3.05, 3.63) is 34.4 Å². The van der Waals surface area contributed by atoms with Gasteiger partial charge in [-0.3, -0.25) is 4.79 Å². The largest absolute Gasteiger partial charge is 0.465 e. The van der Waals surface area contributed by atoms with Crippen molar-refractivity contribution in [2.24, 2.45) is 0 Å². The second kappa shape index (κ2) is 5.16. The summed E-state index contributed by atoms with van der Waals surface area (Å²) in [4.78, 5) is 22.0. The first-order chi connectivity index (χ1) is 8.04. The molecule has 0 atom stereocenters. The van der Waals surface area contributed by atoms with Crippen molar-refractivity contribution in [1.82, 2.24) is 0 Å². The predicted octanol–water partition coefficient (Wildman–Crippen LogP) is 2.09. The molecule has 17 heavy (non-hydrogen) atoms. The van der Waals surface area contributed by atoms with Crippen LogP contribution in [0.15, 0.2) is 12.1 Å². The Morgan fingerprint density at radius 3 is 2.59 bits per heavy atom. The summed E-state index contributed by atoms with van der Waals surface area (Å²) >= 11 is 0. The summed E-state index contributed by atoms with van der Waals surface area (Å²) in [6.07, 6.45) is -2.60. The van der Waals surface area contributed by atoms with Crippen LogP contribution in [0.25, 0.3) is 0 Å². The summed E-state index contributed by atoms with van der Waals surface area (Å²) in [5.74, 6) is -0.938. The topological polar surface area (TPSA) is 67.2 Å². The minimum atomic E-state index is -2.84. The number of carbonyl (C=O) groups excluding carboxylic acids is 2. The molecule has 0 saturated carbocycles. The molecule has 0 radical (unpaired) electrons. The number of carbonyl (C=O) groups is 2. The lowest BCUT2D eigenvalue weighted by atomic mass is 9.99. The second-order valence-corrected chi connectivity index (χ2v) is 3.05. The van der Waals surface area contributed by atoms with Crippen LogP contribution in [0.1, 0.15) is 38.3 Å². The van der Waals surface area contributed by atoms with Gasteiger partial charge in [0, 0.05) is 11.1 Å². The Bertz CT molecular complexity index is 506. The molecule has 88 valence electrons. The van der Waals surface area contributed by atoms with Gasteiger partial charge in [-0.2, -0.15) is 5.26 Å². The van der Waals surface area contributed by atoms with E-state index in [0.717, 1.165) is 19.2 Å². The summed E-state index contributed by atoms with van der Waals surface area (Å²) in [6, 6.07) is 3.35. The van der Waals surface area contributed by atoms with E-state index >= 15 is 0 Å². The average Bonchev–Trinajstić information content (AvgIpc) is 2.35. The molecule has 0 fully saturated rings. The third-order valence-corrected chi connectivity index (χ3v) is 2.09. The van der Waals surface area contributed by atoms with Crippen LogP contribution in [0, 0.1) is 11.3 Å². The number of halogens is 2. The van der Waals surface area contributed by atoms with E-state index in [1.807, 2.05) is 0 Å². The molecule has 0 amide bonds. The zero-order chi connectivity index (χ0) is 13.0. The molecular formula is C11H7F2NO3. The van der Waals surface area contributed by atoms with E-state index in [9.17, 15) is 18.4 Å². The van der Waals surface area contributed by atoms with Crippen molar-refractivity contribution >= 4 is 12.3 Å². The molecule has 0 bridgehead atoms. The molecule has 1 rings (SSSR count). The smallest absolute Gasteiger partial charge is 0.339 e. The Hall–Kier alpha value is -2.29. The summed E-state index contributed by atoms with van der Waals surface area (Å²) in [5, 5.41) is 8.80. The van der Waals surface area contributed by atoms with Gasteiger partial charge in [-0.25, -0.2) is 13.6 Å². The molecule has 4 nitrogen and oxygen atoms in total. The second-order valence-electron chi connectivity index (χ2n) is 3.05. The van der Waals surface area contributed by atoms with Gasteiger partial charge in [0.15, 0.2) is 6.29 Å². The lowest BCUT2D eigenvalue weighted by Gasteiger charge is -2.07. The van der Waals surface area contributed by atoms with Crippen LogP contribution in [0.5, 0.6) is 0 Å². The summed E-state index contributed by atoms with van der Waals surface area (Å²) < 4.78 is 29.4. The minimum absolute atomic E-state index is 0.247. The fraction of sp³-hybridized carbons (Fsp3) is 0.182. The van der Waals surface area contributed by atoms with E-state index in [4.69, 9.17) is 5.26 Å². The van der Waals surface area contributed by atoms with Crippen molar-refractivity contribution in [2.45, 2.75) is 6.43 Å². The van der Waals surface area contributed by atoms with Crippen molar-refractivity contribution < 1.29 is 23.1 Å². The molecule has 1 aromatic carbocycles. The van der Waals surface area contributed by atoms with Crippen LogP contribution >= 0.6 is 0 Å². The number of esters is 1. The molecule has 0 spiro atoms. The number of hydrogen-bond donors (Lipinski definition) is 0. The molecule has 0 aliphatic rings. The molecule has 0 heterocycles. The lowest BCUT2D eigenvalue weighted by molar-refractivity contribution is 0.0600. The van der Waals surface area contributed by atoms with E-state index in [1.54, 1.807) is 6.07 Å². The van der Waals surface area contributed by atoms with Crippen LogP contribution in [-0.4, -0.2) is 19.4 Å². The summed E-state index contributed by atoms with van der Waals surface area (Å²) in [5.41, 5.74) is -1.37. The van der Waals surface area contributed by atoms with Crippen molar-refractivity contribution in [1.29, 1.82) is 5.26 Å². The molecule has 0 N–H and O–H groups in total. The SMILES string of the molecule is COC(=O)c1cc(C(F)F)cc(C=O)c1C#N. The van der Waals surface area contributed by atoms with E-state index in [1.165, 1.54) is 0 Å². The van der Waals surface area contributed by atoms with Crippen molar-refractivity contribution in [3.63, 3.8) is 0 Å². The quantitative estimate of drug-likeness (QED) is 0.598. The fourth-order valence-corrected chi connectivity index (χ4v) is 1.30. The fourth-order valence-electron chi connectivity index (χ4n) is 1.30. The number of aldehydes is 1. The number of benzene rings is 1. The first-order valence-corrected chi connectivity index (χ1v) is 4.44. The molecule has 0 aliphatic carbocycles. The summed E-state index contributed by atoms with van der Waals surface area (Å²) in [6.45, 7) is 0. The Morgan fingerprint density at radius 2 is 2.18 bits per heavy atom. The maximum absolute atomic E-state index is 12.5. The third-order valence-electron chi connectivity index (χ3n) is 2.09. The van der Waals surface area contributed by atoms with Gasteiger partial charge in [-0.1, -0.05) is 0 Å². The molecule has 1 aromatic rings. The number of ether oxygens (including phenoxy) is 1. The van der Waals surface area contributed by atoms with Crippen LogP contribution in [0.2, 0.25) is 0 Å². The number of nitriles is 1. The Balaban J connectivity index is 3.55. The summed E-state index contributed by atoms with van der Waals surface area (Å²) in [7, 11) is 1.05. The van der Waals surface area contributed by atoms with Crippen molar-refractivity contribution in [3.8, 4) is 6.07 Å². The molecule has 0 aromatic heterocycles. The van der Waals surface area contributed by atoms with E-state index in [2.05, 4.69) is 4.74 Å². The number of alkyl halides is 2. The van der Waals surface area contributed by atoms with E-state index in [0.29, 0.717) is 0 Å². The van der Waals surface area contributed by atoms with Gasteiger partial charge in [0.25, 0.3) is 6.43 Å². The highest BCUT2D eigenvalue weighted by molar-refractivity contribution is 5.96. The van der Waals surface area contributed by atoms with Gasteiger partial charge >= 0.3 is 5.97 Å². The van der Waals surface area contributed by atoms with Crippen LogP contribution in [0.4, 0.5) is 8.78 Å². The van der Waals surface area contributed by atoms with Gasteiger partial charge < -0.3 is 4.74 Å². The molecule has 0 aliphatic heterocycles. The standard InChI is InChI=1S/C11H7F2NO3/c1-17-11(16)8-3-6(10(12)13)2-7(5-15)9(8)4-14/h2-3,5,10H,1H3. The molecule has 0 unspecified atom stereocenters. The van der Waals surface area contributed by atoms with E-state index < -0.39 is 18.0 Å². The van der Waals surface area contributed by atoms with Gasteiger partial charge in [0.05, 0.1) is 18.2 Å². The zero-order valence-corrected chi connectivity index (χ0v) is 8.74. The van der Waals surface area contributed by atoms with Crippen LogP contribution in [0.3, 0.4) is 0 Å². The first-order valence-electron chi connectivity index (χ1n) is 4.44. The Morgan fingerprint density at radius 1 is 1.53 bits per heavy atom. The monoisotopic (exact) mass is 239 g/mol. The third kappa shape index (κ3) is 2.45. The zero-order valence-electron chi connectivity index (χ0n) is 8.74. The minimum Gasteiger partial charge on any atom is -0.465 e. The highest BCUT2D eigenvalue weighted by Gasteiger charge is 2.20. The van der Waals surface area contributed by atoms with Gasteiger partial charge in [-0.05, 0) is 12.1 Å². The highest BCUT2D eigenvalue weighted by Crippen LogP contribution is 2.24. The highest BCUT2D eigenvalue weighted by atomic mass is 19.3. The Kier molecular flexibility index (Phi) is 3.88. The number of methoxy groups -OCH3 is 1. The molecule has 0 saturated heterocycles. The van der Waals surface area contributed by atoms with Gasteiger partial charge in [0.1, 0.15) is 6.07 Å².